The summed E-state index contributed by atoms with van der Waals surface area (Å²) in [6, 6.07) is 7.82. The van der Waals surface area contributed by atoms with Gasteiger partial charge in [-0.2, -0.15) is 5.26 Å². The van der Waals surface area contributed by atoms with Crippen LogP contribution in [0.5, 0.6) is 0 Å². The van der Waals surface area contributed by atoms with E-state index in [-0.39, 0.29) is 0 Å². The number of nitriles is 1. The van der Waals surface area contributed by atoms with Gasteiger partial charge in [0.25, 0.3) is 0 Å². The molecule has 0 saturated heterocycles. The molecular weight excluding hydrogens is 244 g/mol. The minimum Gasteiger partial charge on any atom is -0.480 e. The zero-order valence-corrected chi connectivity index (χ0v) is 10.5. The summed E-state index contributed by atoms with van der Waals surface area (Å²) in [6.45, 7) is 1.68. The second-order valence-electron chi connectivity index (χ2n) is 3.87. The number of hydrogen-bond donors (Lipinski definition) is 2. The van der Waals surface area contributed by atoms with Crippen LogP contribution >= 0.6 is 0 Å². The third-order valence-electron chi connectivity index (χ3n) is 2.49. The normalized spacial score (nSPS) is 11.8. The fraction of sp³-hybridized carbons (Fsp3) is 0.214. The van der Waals surface area contributed by atoms with Gasteiger partial charge in [-0.25, -0.2) is 4.79 Å². The molecule has 0 heterocycles. The molecule has 19 heavy (non-hydrogen) atoms. The molecule has 0 aromatic heterocycles. The second kappa shape index (κ2) is 6.97. The smallest absolute Gasteiger partial charge is 0.326 e. The van der Waals surface area contributed by atoms with Gasteiger partial charge in [0, 0.05) is 6.08 Å². The molecule has 1 amide bonds. The van der Waals surface area contributed by atoms with E-state index in [1.807, 2.05) is 6.07 Å². The Hall–Kier alpha value is -2.61. The first-order chi connectivity index (χ1) is 9.06. The van der Waals surface area contributed by atoms with E-state index in [0.717, 1.165) is 5.56 Å². The highest BCUT2D eigenvalue weighted by molar-refractivity contribution is 5.94. The summed E-state index contributed by atoms with van der Waals surface area (Å²) in [5, 5.41) is 19.8. The topological polar surface area (TPSA) is 90.2 Å². The van der Waals surface area contributed by atoms with Gasteiger partial charge in [-0.3, -0.25) is 4.79 Å². The number of hydrogen-bond acceptors (Lipinski definition) is 3. The lowest BCUT2D eigenvalue weighted by molar-refractivity contribution is -0.141. The van der Waals surface area contributed by atoms with E-state index in [4.69, 9.17) is 10.4 Å². The molecule has 0 fully saturated rings. The van der Waals surface area contributed by atoms with Crippen molar-refractivity contribution in [2.75, 3.05) is 0 Å². The van der Waals surface area contributed by atoms with Crippen LogP contribution in [-0.2, 0) is 9.59 Å². The highest BCUT2D eigenvalue weighted by Gasteiger charge is 2.15. The van der Waals surface area contributed by atoms with Gasteiger partial charge in [-0.05, 0) is 30.2 Å². The maximum atomic E-state index is 11.5. The van der Waals surface area contributed by atoms with Crippen molar-refractivity contribution < 1.29 is 14.7 Å². The average molecular weight is 258 g/mol. The van der Waals surface area contributed by atoms with E-state index < -0.39 is 17.9 Å². The lowest BCUT2D eigenvalue weighted by Crippen LogP contribution is -2.39. The Morgan fingerprint density at radius 2 is 2.05 bits per heavy atom. The van der Waals surface area contributed by atoms with Crippen LogP contribution in [0.2, 0.25) is 0 Å². The van der Waals surface area contributed by atoms with Gasteiger partial charge in [0.1, 0.15) is 6.04 Å². The van der Waals surface area contributed by atoms with Gasteiger partial charge >= 0.3 is 5.97 Å². The molecule has 1 rings (SSSR count). The predicted molar refractivity (Wildman–Crippen MR) is 70.0 cm³/mol. The van der Waals surface area contributed by atoms with E-state index in [2.05, 4.69) is 5.32 Å². The Morgan fingerprint density at radius 3 is 2.53 bits per heavy atom. The lowest BCUT2D eigenvalue weighted by Gasteiger charge is -2.09. The minimum atomic E-state index is -1.05. The van der Waals surface area contributed by atoms with Crippen molar-refractivity contribution in [1.29, 1.82) is 5.26 Å². The molecular formula is C14H14N2O3. The van der Waals surface area contributed by atoms with Crippen molar-refractivity contribution in [2.24, 2.45) is 0 Å². The minimum absolute atomic E-state index is 0.325. The number of nitrogens with one attached hydrogen (secondary N) is 1. The van der Waals surface area contributed by atoms with Gasteiger partial charge < -0.3 is 10.4 Å². The van der Waals surface area contributed by atoms with Crippen LogP contribution in [0.15, 0.2) is 30.3 Å². The Balaban J connectivity index is 2.63. The van der Waals surface area contributed by atoms with Crippen molar-refractivity contribution in [3.63, 3.8) is 0 Å². The summed E-state index contributed by atoms with van der Waals surface area (Å²) in [4.78, 5) is 22.2. The molecule has 0 radical (unpaired) electrons. The van der Waals surface area contributed by atoms with Gasteiger partial charge in [0.2, 0.25) is 5.91 Å². The van der Waals surface area contributed by atoms with Crippen LogP contribution in [0.1, 0.15) is 24.5 Å². The fourth-order valence-electron chi connectivity index (χ4n) is 1.40. The number of benzene rings is 1. The highest BCUT2D eigenvalue weighted by atomic mass is 16.4. The molecule has 1 aromatic rings. The van der Waals surface area contributed by atoms with Crippen molar-refractivity contribution in [2.45, 2.75) is 19.4 Å². The summed E-state index contributed by atoms with van der Waals surface area (Å²) in [5.74, 6) is -1.51. The third-order valence-corrected chi connectivity index (χ3v) is 2.49. The van der Waals surface area contributed by atoms with Crippen molar-refractivity contribution in [3.05, 3.63) is 41.5 Å². The quantitative estimate of drug-likeness (QED) is 0.784. The maximum Gasteiger partial charge on any atom is 0.326 e. The maximum absolute atomic E-state index is 11.5. The second-order valence-corrected chi connectivity index (χ2v) is 3.87. The highest BCUT2D eigenvalue weighted by Crippen LogP contribution is 2.05. The van der Waals surface area contributed by atoms with E-state index in [1.165, 1.54) is 6.08 Å². The van der Waals surface area contributed by atoms with Gasteiger partial charge in [-0.1, -0.05) is 19.1 Å². The van der Waals surface area contributed by atoms with Crippen LogP contribution in [0.4, 0.5) is 0 Å². The number of rotatable bonds is 5. The fourth-order valence-corrected chi connectivity index (χ4v) is 1.40. The summed E-state index contributed by atoms with van der Waals surface area (Å²) < 4.78 is 0. The molecule has 1 aromatic carbocycles. The van der Waals surface area contributed by atoms with Gasteiger partial charge in [-0.15, -0.1) is 0 Å². The first-order valence-corrected chi connectivity index (χ1v) is 5.78. The molecule has 5 heteroatoms. The average Bonchev–Trinajstić information content (AvgIpc) is 2.42. The summed E-state index contributed by atoms with van der Waals surface area (Å²) in [6.07, 6.45) is 3.16. The Kier molecular flexibility index (Phi) is 5.30. The van der Waals surface area contributed by atoms with Gasteiger partial charge in [0.05, 0.1) is 11.6 Å². The number of nitrogens with zero attached hydrogens (tertiary/aromatic N) is 1. The molecule has 0 unspecified atom stereocenters. The first-order valence-electron chi connectivity index (χ1n) is 5.78. The number of amides is 1. The number of aliphatic carboxylic acids is 1. The van der Waals surface area contributed by atoms with Crippen LogP contribution in [0, 0.1) is 11.3 Å². The molecule has 5 nitrogen and oxygen atoms in total. The van der Waals surface area contributed by atoms with E-state index in [1.54, 1.807) is 37.3 Å². The number of carbonyl (C=O) groups is 2. The van der Waals surface area contributed by atoms with E-state index in [9.17, 15) is 9.59 Å². The Morgan fingerprint density at radius 1 is 1.42 bits per heavy atom. The molecule has 98 valence electrons. The van der Waals surface area contributed by atoms with Crippen LogP contribution in [-0.4, -0.2) is 23.0 Å². The number of carboxylic acids is 1. The molecule has 0 bridgehead atoms. The number of carbonyl (C=O) groups excluding carboxylic acids is 1. The molecule has 0 aliphatic heterocycles. The van der Waals surface area contributed by atoms with Crippen molar-refractivity contribution in [1.82, 2.24) is 5.32 Å². The largest absolute Gasteiger partial charge is 0.480 e. The molecule has 2 N–H and O–H groups in total. The van der Waals surface area contributed by atoms with E-state index in [0.29, 0.717) is 12.0 Å². The van der Waals surface area contributed by atoms with Crippen LogP contribution in [0.3, 0.4) is 0 Å². The van der Waals surface area contributed by atoms with Crippen molar-refractivity contribution in [3.8, 4) is 6.07 Å². The molecule has 0 aliphatic carbocycles. The molecule has 0 saturated carbocycles. The SMILES string of the molecule is CC[C@@H](NC(=O)C=Cc1ccc(C#N)cc1)C(=O)O. The molecule has 1 atom stereocenters. The van der Waals surface area contributed by atoms with Gasteiger partial charge in [0.15, 0.2) is 0 Å². The van der Waals surface area contributed by atoms with Crippen molar-refractivity contribution >= 4 is 18.0 Å². The predicted octanol–water partition coefficient (Wildman–Crippen LogP) is 1.55. The monoisotopic (exact) mass is 258 g/mol. The standard InChI is InChI=1S/C14H14N2O3/c1-2-12(14(18)19)16-13(17)8-7-10-3-5-11(9-15)6-4-10/h3-8,12H,2H2,1H3,(H,16,17)(H,18,19)/t12-/m1/s1. The lowest BCUT2D eigenvalue weighted by atomic mass is 10.1. The number of carboxylic acid groups (broad SMARTS) is 1. The van der Waals surface area contributed by atoms with Crippen LogP contribution in [0.25, 0.3) is 6.08 Å². The van der Waals surface area contributed by atoms with E-state index >= 15 is 0 Å². The Labute approximate surface area is 111 Å². The molecule has 0 aliphatic rings. The third kappa shape index (κ3) is 4.64. The summed E-state index contributed by atoms with van der Waals surface area (Å²) >= 11 is 0. The zero-order valence-electron chi connectivity index (χ0n) is 10.5. The molecule has 0 spiro atoms. The Bertz CT molecular complexity index is 527. The summed E-state index contributed by atoms with van der Waals surface area (Å²) in [7, 11) is 0. The zero-order chi connectivity index (χ0) is 14.3. The summed E-state index contributed by atoms with van der Waals surface area (Å²) in [5.41, 5.74) is 1.30. The van der Waals surface area contributed by atoms with Crippen LogP contribution < -0.4 is 5.32 Å². The first kappa shape index (κ1) is 14.5.